The van der Waals surface area contributed by atoms with Crippen LogP contribution in [-0.4, -0.2) is 88.2 Å². The number of nitrogens with zero attached hydrogens (tertiary/aromatic N) is 4. The van der Waals surface area contributed by atoms with Crippen molar-refractivity contribution in [2.24, 2.45) is 11.3 Å². The number of benzene rings is 2. The Morgan fingerprint density at radius 1 is 1.02 bits per heavy atom. The lowest BCUT2D eigenvalue weighted by molar-refractivity contribution is -0.140. The van der Waals surface area contributed by atoms with E-state index in [0.29, 0.717) is 70.6 Å². The third kappa shape index (κ3) is 7.92. The van der Waals surface area contributed by atoms with Crippen molar-refractivity contribution in [3.63, 3.8) is 0 Å². The highest BCUT2D eigenvalue weighted by atomic mass is 32.2. The maximum absolute atomic E-state index is 14.7. The molecule has 318 valence electrons. The van der Waals surface area contributed by atoms with Crippen LogP contribution in [0.25, 0.3) is 21.7 Å². The summed E-state index contributed by atoms with van der Waals surface area (Å²) in [5, 5.41) is 7.92. The fourth-order valence-corrected chi connectivity index (χ4v) is 9.72. The van der Waals surface area contributed by atoms with E-state index in [1.807, 2.05) is 12.2 Å². The number of methoxy groups -OCH3 is 1. The van der Waals surface area contributed by atoms with Crippen molar-refractivity contribution in [1.82, 2.24) is 29.7 Å². The van der Waals surface area contributed by atoms with Crippen molar-refractivity contribution in [2.45, 2.75) is 101 Å². The van der Waals surface area contributed by atoms with Gasteiger partial charge >= 0.3 is 6.55 Å². The molecule has 5 atom stereocenters. The van der Waals surface area contributed by atoms with Crippen LogP contribution in [0.4, 0.5) is 13.2 Å². The normalized spacial score (nSPS) is 26.1. The van der Waals surface area contributed by atoms with Gasteiger partial charge < -0.3 is 19.7 Å². The Kier molecular flexibility index (Phi) is 10.9. The van der Waals surface area contributed by atoms with Gasteiger partial charge in [0.1, 0.15) is 29.4 Å². The smallest absolute Gasteiger partial charge is 0.333 e. The van der Waals surface area contributed by atoms with E-state index in [0.717, 1.165) is 12.3 Å². The first-order valence-electron chi connectivity index (χ1n) is 20.1. The van der Waals surface area contributed by atoms with Crippen molar-refractivity contribution < 1.29 is 50.2 Å². The molecule has 1 saturated heterocycles. The van der Waals surface area contributed by atoms with Gasteiger partial charge in [0.05, 0.1) is 35.4 Å². The van der Waals surface area contributed by atoms with Gasteiger partial charge in [-0.2, -0.15) is 13.9 Å². The van der Waals surface area contributed by atoms with Crippen molar-refractivity contribution >= 4 is 55.2 Å². The van der Waals surface area contributed by atoms with E-state index in [9.17, 15) is 40.8 Å². The highest BCUT2D eigenvalue weighted by molar-refractivity contribution is 7.91. The Morgan fingerprint density at radius 2 is 1.80 bits per heavy atom. The number of rotatable bonds is 9. The summed E-state index contributed by atoms with van der Waals surface area (Å²) in [7, 11) is -2.53. The number of halogens is 3. The zero-order valence-electron chi connectivity index (χ0n) is 33.0. The maximum atomic E-state index is 14.7. The molecule has 4 aromatic rings. The standard InChI is InChI=1S/C42H45F3N6O8S/c1-41(15-16-41)60(56,57)49-39(55)42-21-24(42)8-6-4-3-5-7-9-32(46-36(53)31-14-17-51(48-31)40(44)45)38(54)50-23-27(20-34(50)35(52)22-42)59-37-29-12-10-25(43)18-30(29)28-13-11-26(58-2)19-33(28)47-37/h6,8,10-14,17-19,24,27,32,34,40H,3-5,7,9,15-16,20-23H2,1-2H3,(H,46,53)(H,49,55)/b8-6-/t24-,27-,32+,34+,42-/m1/s1. The number of aromatic nitrogens is 3. The summed E-state index contributed by atoms with van der Waals surface area (Å²) in [4.78, 5) is 62.8. The average Bonchev–Trinajstić information content (AvgIpc) is 3.98. The number of ether oxygens (including phenoxy) is 2. The molecular formula is C42H45F3N6O8S. The lowest BCUT2D eigenvalue weighted by Gasteiger charge is -2.29. The number of carbonyl (C=O) groups excluding carboxylic acids is 4. The molecule has 2 N–H and O–H groups in total. The molecule has 3 fully saturated rings. The topological polar surface area (TPSA) is 179 Å². The van der Waals surface area contributed by atoms with E-state index in [4.69, 9.17) is 14.5 Å². The van der Waals surface area contributed by atoms with E-state index in [2.05, 4.69) is 15.1 Å². The molecule has 0 spiro atoms. The second-order valence-electron chi connectivity index (χ2n) is 16.5. The third-order valence-corrected chi connectivity index (χ3v) is 14.6. The van der Waals surface area contributed by atoms with Crippen LogP contribution in [-0.2, 0) is 24.4 Å². The van der Waals surface area contributed by atoms with Gasteiger partial charge in [0.2, 0.25) is 27.7 Å². The van der Waals surface area contributed by atoms with Gasteiger partial charge in [0, 0.05) is 35.9 Å². The molecule has 2 aromatic heterocycles. The molecular weight excluding hydrogens is 806 g/mol. The van der Waals surface area contributed by atoms with Crippen molar-refractivity contribution in [3.05, 3.63) is 72.3 Å². The van der Waals surface area contributed by atoms with Crippen molar-refractivity contribution in [3.8, 4) is 11.6 Å². The fourth-order valence-electron chi connectivity index (χ4n) is 8.39. The van der Waals surface area contributed by atoms with Crippen LogP contribution in [0.1, 0.15) is 88.2 Å². The van der Waals surface area contributed by atoms with E-state index in [1.54, 1.807) is 25.1 Å². The molecule has 18 heteroatoms. The van der Waals surface area contributed by atoms with Gasteiger partial charge in [-0.1, -0.05) is 25.0 Å². The number of ketones is 1. The van der Waals surface area contributed by atoms with Crippen molar-refractivity contribution in [2.75, 3.05) is 13.7 Å². The Balaban J connectivity index is 1.14. The Morgan fingerprint density at radius 3 is 2.53 bits per heavy atom. The molecule has 8 rings (SSSR count). The van der Waals surface area contributed by atoms with E-state index < -0.39 is 80.2 Å². The van der Waals surface area contributed by atoms with Crippen LogP contribution < -0.4 is 19.5 Å². The number of fused-ring (bicyclic) bond motifs is 5. The highest BCUT2D eigenvalue weighted by Crippen LogP contribution is 2.57. The number of hydrogen-bond donors (Lipinski definition) is 2. The minimum absolute atomic E-state index is 0.0564. The maximum Gasteiger partial charge on any atom is 0.333 e. The number of carbonyl (C=O) groups is 4. The molecule has 0 radical (unpaired) electrons. The summed E-state index contributed by atoms with van der Waals surface area (Å²) < 4.78 is 81.2. The van der Waals surface area contributed by atoms with E-state index >= 15 is 0 Å². The SMILES string of the molecule is COc1ccc2c(c1)nc(O[C@@H]1C[C@H]3C(=O)C[C@]4(C(=O)NS(=O)(=O)C5(C)CC5)C[C@H]4/C=C\CCCCC[C@H](NC(=O)c4ccn(C(F)F)n4)C(=O)N3C1)c1ccc(F)cc12. The minimum Gasteiger partial charge on any atom is -0.497 e. The molecule has 2 aliphatic heterocycles. The molecule has 4 aliphatic rings. The fraction of sp³-hybridized carbons (Fsp3) is 0.476. The number of hydrogen-bond acceptors (Lipinski definition) is 10. The van der Waals surface area contributed by atoms with Crippen LogP contribution in [0.15, 0.2) is 60.8 Å². The molecule has 3 amide bonds. The first-order valence-corrected chi connectivity index (χ1v) is 21.5. The first-order chi connectivity index (χ1) is 28.6. The number of nitrogens with one attached hydrogen (secondary N) is 2. The second kappa shape index (κ2) is 15.8. The molecule has 4 heterocycles. The van der Waals surface area contributed by atoms with Gasteiger partial charge in [0.25, 0.3) is 5.91 Å². The second-order valence-corrected chi connectivity index (χ2v) is 18.7. The van der Waals surface area contributed by atoms with Gasteiger partial charge in [-0.05, 0) is 93.2 Å². The van der Waals surface area contributed by atoms with Crippen LogP contribution in [0.3, 0.4) is 0 Å². The summed E-state index contributed by atoms with van der Waals surface area (Å²) in [5.74, 6) is -3.06. The zero-order chi connectivity index (χ0) is 42.6. The quantitative estimate of drug-likeness (QED) is 0.156. The molecule has 60 heavy (non-hydrogen) atoms. The number of allylic oxidation sites excluding steroid dienone is 2. The van der Waals surface area contributed by atoms with Crippen LogP contribution >= 0.6 is 0 Å². The number of amides is 3. The minimum atomic E-state index is -4.03. The lowest BCUT2D eigenvalue weighted by atomic mass is 9.91. The summed E-state index contributed by atoms with van der Waals surface area (Å²) in [6.45, 7) is -1.58. The van der Waals surface area contributed by atoms with Crippen molar-refractivity contribution in [1.29, 1.82) is 0 Å². The molecule has 14 nitrogen and oxygen atoms in total. The molecule has 2 aromatic carbocycles. The summed E-state index contributed by atoms with van der Waals surface area (Å²) >= 11 is 0. The van der Waals surface area contributed by atoms with E-state index in [1.165, 1.54) is 30.2 Å². The molecule has 2 saturated carbocycles. The van der Waals surface area contributed by atoms with Gasteiger partial charge in [0.15, 0.2) is 5.78 Å². The van der Waals surface area contributed by atoms with E-state index in [-0.39, 0.29) is 43.8 Å². The van der Waals surface area contributed by atoms with Crippen LogP contribution in [0.5, 0.6) is 11.6 Å². The molecule has 2 aliphatic carbocycles. The number of sulfonamides is 1. The highest BCUT2D eigenvalue weighted by Gasteiger charge is 2.62. The molecule has 0 bridgehead atoms. The number of alkyl halides is 2. The summed E-state index contributed by atoms with van der Waals surface area (Å²) in [6, 6.07) is 8.04. The van der Waals surface area contributed by atoms with Crippen LogP contribution in [0.2, 0.25) is 0 Å². The zero-order valence-corrected chi connectivity index (χ0v) is 33.9. The monoisotopic (exact) mass is 850 g/mol. The summed E-state index contributed by atoms with van der Waals surface area (Å²) in [6.07, 6.45) is 7.08. The summed E-state index contributed by atoms with van der Waals surface area (Å²) in [5.41, 5.74) is -1.27. The predicted octanol–water partition coefficient (Wildman–Crippen LogP) is 5.76. The molecule has 0 unspecified atom stereocenters. The Bertz CT molecular complexity index is 2530. The number of pyridine rings is 1. The van der Waals surface area contributed by atoms with Crippen LogP contribution in [0, 0.1) is 17.2 Å². The predicted molar refractivity (Wildman–Crippen MR) is 212 cm³/mol. The number of Topliss-reactive ketones (excluding diaryl/α,β-unsaturated/α-hetero) is 1. The average molecular weight is 851 g/mol. The largest absolute Gasteiger partial charge is 0.497 e. The Labute approximate surface area is 343 Å². The first kappa shape index (κ1) is 41.2. The van der Waals surface area contributed by atoms with Gasteiger partial charge in [-0.25, -0.2) is 22.5 Å². The Hall–Kier alpha value is -5.52. The lowest BCUT2D eigenvalue weighted by Crippen LogP contribution is -2.52. The third-order valence-electron chi connectivity index (χ3n) is 12.4. The van der Waals surface area contributed by atoms with Gasteiger partial charge in [-0.15, -0.1) is 0 Å². The van der Waals surface area contributed by atoms with Gasteiger partial charge in [-0.3, -0.25) is 23.9 Å².